The lowest BCUT2D eigenvalue weighted by molar-refractivity contribution is 0.0166. The van der Waals surface area contributed by atoms with Gasteiger partial charge in [0.05, 0.1) is 6.10 Å². The third-order valence-corrected chi connectivity index (χ3v) is 4.92. The molecule has 0 aromatic heterocycles. The van der Waals surface area contributed by atoms with Crippen molar-refractivity contribution in [2.75, 3.05) is 26.2 Å². The Balaban J connectivity index is 1.25. The van der Waals surface area contributed by atoms with Crippen LogP contribution in [0, 0.1) is 0 Å². The molecule has 0 amide bonds. The van der Waals surface area contributed by atoms with Gasteiger partial charge in [0.25, 0.3) is 0 Å². The van der Waals surface area contributed by atoms with E-state index in [1.165, 1.54) is 25.2 Å². The summed E-state index contributed by atoms with van der Waals surface area (Å²) in [4.78, 5) is 2.54. The maximum atomic E-state index is 5.98. The lowest BCUT2D eigenvalue weighted by Gasteiger charge is -2.39. The Hall–Kier alpha value is -0.900. The summed E-state index contributed by atoms with van der Waals surface area (Å²) in [5.74, 6) is 0.743. The normalized spacial score (nSPS) is 27.5. The number of hydrogen-bond donors (Lipinski definition) is 1. The molecule has 1 heterocycles. The van der Waals surface area contributed by atoms with Crippen molar-refractivity contribution in [2.24, 2.45) is 5.73 Å². The standard InChI is InChI=1S/C18H28N2O/c19-17-7-9-18(10-8-17)21-12-4-11-20-13-16(14-20)15-5-2-1-3-6-15/h1-3,5-6,16-18H,4,7-14,19H2. The van der Waals surface area contributed by atoms with Crippen LogP contribution >= 0.6 is 0 Å². The average Bonchev–Trinajstić information content (AvgIpc) is 2.48. The molecule has 0 unspecified atom stereocenters. The molecule has 1 aromatic rings. The van der Waals surface area contributed by atoms with Gasteiger partial charge in [-0.05, 0) is 37.7 Å². The second kappa shape index (κ2) is 7.39. The van der Waals surface area contributed by atoms with E-state index in [1.54, 1.807) is 0 Å². The zero-order chi connectivity index (χ0) is 14.5. The predicted octanol–water partition coefficient (Wildman–Crippen LogP) is 2.76. The van der Waals surface area contributed by atoms with Gasteiger partial charge in [-0.15, -0.1) is 0 Å². The summed E-state index contributed by atoms with van der Waals surface area (Å²) < 4.78 is 5.98. The van der Waals surface area contributed by atoms with Crippen molar-refractivity contribution in [2.45, 2.75) is 50.2 Å². The lowest BCUT2D eigenvalue weighted by Crippen LogP contribution is -2.45. The van der Waals surface area contributed by atoms with Crippen molar-refractivity contribution in [1.82, 2.24) is 4.90 Å². The summed E-state index contributed by atoms with van der Waals surface area (Å²) in [6.45, 7) is 4.51. The largest absolute Gasteiger partial charge is 0.378 e. The van der Waals surface area contributed by atoms with Crippen LogP contribution in [0.2, 0.25) is 0 Å². The van der Waals surface area contributed by atoms with Crippen molar-refractivity contribution < 1.29 is 4.74 Å². The fourth-order valence-corrected chi connectivity index (χ4v) is 3.48. The molecule has 3 nitrogen and oxygen atoms in total. The first-order valence-corrected chi connectivity index (χ1v) is 8.46. The van der Waals surface area contributed by atoms with E-state index in [-0.39, 0.29) is 0 Å². The van der Waals surface area contributed by atoms with Crippen LogP contribution in [0.3, 0.4) is 0 Å². The fraction of sp³-hybridized carbons (Fsp3) is 0.667. The fourth-order valence-electron chi connectivity index (χ4n) is 3.48. The summed E-state index contributed by atoms with van der Waals surface area (Å²) in [7, 11) is 0. The number of nitrogens with zero attached hydrogens (tertiary/aromatic N) is 1. The van der Waals surface area contributed by atoms with E-state index in [4.69, 9.17) is 10.5 Å². The van der Waals surface area contributed by atoms with Crippen LogP contribution in [0.4, 0.5) is 0 Å². The first-order valence-electron chi connectivity index (χ1n) is 8.46. The number of benzene rings is 1. The van der Waals surface area contributed by atoms with Gasteiger partial charge >= 0.3 is 0 Å². The number of hydrogen-bond acceptors (Lipinski definition) is 3. The van der Waals surface area contributed by atoms with Crippen molar-refractivity contribution in [3.63, 3.8) is 0 Å². The third-order valence-electron chi connectivity index (χ3n) is 4.92. The molecule has 2 fully saturated rings. The highest BCUT2D eigenvalue weighted by molar-refractivity contribution is 5.22. The van der Waals surface area contributed by atoms with Gasteiger partial charge < -0.3 is 15.4 Å². The number of nitrogens with two attached hydrogens (primary N) is 1. The monoisotopic (exact) mass is 288 g/mol. The van der Waals surface area contributed by atoms with Gasteiger partial charge in [0.15, 0.2) is 0 Å². The Morgan fingerprint density at radius 3 is 2.48 bits per heavy atom. The molecule has 2 N–H and O–H groups in total. The number of likely N-dealkylation sites (tertiary alicyclic amines) is 1. The Morgan fingerprint density at radius 1 is 1.05 bits per heavy atom. The van der Waals surface area contributed by atoms with Gasteiger partial charge in [-0.3, -0.25) is 0 Å². The van der Waals surface area contributed by atoms with Crippen molar-refractivity contribution in [1.29, 1.82) is 0 Å². The van der Waals surface area contributed by atoms with E-state index in [1.807, 2.05) is 0 Å². The Labute approximate surface area is 128 Å². The molecule has 0 radical (unpaired) electrons. The zero-order valence-electron chi connectivity index (χ0n) is 12.9. The molecule has 0 bridgehead atoms. The van der Waals surface area contributed by atoms with E-state index in [0.717, 1.165) is 44.6 Å². The van der Waals surface area contributed by atoms with Gasteiger partial charge in [-0.1, -0.05) is 30.3 Å². The molecular formula is C18H28N2O. The van der Waals surface area contributed by atoms with E-state index < -0.39 is 0 Å². The molecule has 1 aliphatic heterocycles. The van der Waals surface area contributed by atoms with Crippen LogP contribution in [-0.2, 0) is 4.74 Å². The highest BCUT2D eigenvalue weighted by atomic mass is 16.5. The van der Waals surface area contributed by atoms with E-state index >= 15 is 0 Å². The average molecular weight is 288 g/mol. The van der Waals surface area contributed by atoms with Crippen molar-refractivity contribution in [3.05, 3.63) is 35.9 Å². The summed E-state index contributed by atoms with van der Waals surface area (Å²) in [5.41, 5.74) is 7.41. The van der Waals surface area contributed by atoms with Gasteiger partial charge in [-0.25, -0.2) is 0 Å². The summed E-state index contributed by atoms with van der Waals surface area (Å²) in [6, 6.07) is 11.3. The summed E-state index contributed by atoms with van der Waals surface area (Å²) >= 11 is 0. The van der Waals surface area contributed by atoms with Gasteiger partial charge in [-0.2, -0.15) is 0 Å². The minimum atomic E-state index is 0.417. The Bertz CT molecular complexity index is 408. The first-order chi connectivity index (χ1) is 10.3. The van der Waals surface area contributed by atoms with Crippen LogP contribution in [0.5, 0.6) is 0 Å². The lowest BCUT2D eigenvalue weighted by atomic mass is 9.91. The molecule has 0 spiro atoms. The molecule has 3 rings (SSSR count). The maximum Gasteiger partial charge on any atom is 0.0576 e. The van der Waals surface area contributed by atoms with Crippen LogP contribution in [0.15, 0.2) is 30.3 Å². The maximum absolute atomic E-state index is 5.98. The topological polar surface area (TPSA) is 38.5 Å². The van der Waals surface area contributed by atoms with Crippen LogP contribution in [0.25, 0.3) is 0 Å². The second-order valence-corrected chi connectivity index (χ2v) is 6.63. The van der Waals surface area contributed by atoms with Crippen LogP contribution in [0.1, 0.15) is 43.6 Å². The van der Waals surface area contributed by atoms with Crippen molar-refractivity contribution >= 4 is 0 Å². The highest BCUT2D eigenvalue weighted by Crippen LogP contribution is 2.26. The number of ether oxygens (including phenoxy) is 1. The smallest absolute Gasteiger partial charge is 0.0576 e. The molecule has 1 aliphatic carbocycles. The minimum Gasteiger partial charge on any atom is -0.378 e. The van der Waals surface area contributed by atoms with Gasteiger partial charge in [0.1, 0.15) is 0 Å². The predicted molar refractivity (Wildman–Crippen MR) is 86.4 cm³/mol. The summed E-state index contributed by atoms with van der Waals surface area (Å²) in [6.07, 6.45) is 6.20. The SMILES string of the molecule is NC1CCC(OCCCN2CC(c3ccccc3)C2)CC1. The molecule has 1 saturated heterocycles. The van der Waals surface area contributed by atoms with Gasteiger partial charge in [0, 0.05) is 38.2 Å². The van der Waals surface area contributed by atoms with Crippen LogP contribution in [-0.4, -0.2) is 43.3 Å². The highest BCUT2D eigenvalue weighted by Gasteiger charge is 2.27. The molecule has 1 saturated carbocycles. The first kappa shape index (κ1) is 15.0. The molecule has 3 heteroatoms. The molecule has 21 heavy (non-hydrogen) atoms. The quantitative estimate of drug-likeness (QED) is 0.818. The summed E-state index contributed by atoms with van der Waals surface area (Å²) in [5, 5.41) is 0. The molecule has 116 valence electrons. The van der Waals surface area contributed by atoms with Crippen LogP contribution < -0.4 is 5.73 Å². The van der Waals surface area contributed by atoms with E-state index in [9.17, 15) is 0 Å². The van der Waals surface area contributed by atoms with E-state index in [2.05, 4.69) is 35.2 Å². The van der Waals surface area contributed by atoms with E-state index in [0.29, 0.717) is 12.1 Å². The molecule has 1 aromatic carbocycles. The minimum absolute atomic E-state index is 0.417. The Morgan fingerprint density at radius 2 is 1.76 bits per heavy atom. The second-order valence-electron chi connectivity index (χ2n) is 6.63. The number of rotatable bonds is 6. The Kier molecular flexibility index (Phi) is 5.28. The van der Waals surface area contributed by atoms with Crippen molar-refractivity contribution in [3.8, 4) is 0 Å². The zero-order valence-corrected chi connectivity index (χ0v) is 12.9. The molecule has 0 atom stereocenters. The molecular weight excluding hydrogens is 260 g/mol. The molecule has 2 aliphatic rings. The van der Waals surface area contributed by atoms with Gasteiger partial charge in [0.2, 0.25) is 0 Å². The third kappa shape index (κ3) is 4.29.